The molecule has 0 unspecified atom stereocenters. The van der Waals surface area contributed by atoms with Gasteiger partial charge in [-0.05, 0) is 12.8 Å². The number of nitro groups is 1. The first kappa shape index (κ1) is 13.3. The summed E-state index contributed by atoms with van der Waals surface area (Å²) in [7, 11) is 0. The molecule has 0 atom stereocenters. The summed E-state index contributed by atoms with van der Waals surface area (Å²) in [5.41, 5.74) is -1.12. The molecule has 19 heavy (non-hydrogen) atoms. The van der Waals surface area contributed by atoms with Gasteiger partial charge in [0.05, 0.1) is 11.1 Å². The Bertz CT molecular complexity index is 546. The van der Waals surface area contributed by atoms with E-state index in [1.165, 1.54) is 0 Å². The predicted octanol–water partition coefficient (Wildman–Crippen LogP) is 1.35. The molecule has 1 aliphatic rings. The molecule has 2 N–H and O–H groups in total. The topological polar surface area (TPSA) is 105 Å². The van der Waals surface area contributed by atoms with Crippen LogP contribution in [0.1, 0.15) is 42.5 Å². The van der Waals surface area contributed by atoms with Gasteiger partial charge in [0, 0.05) is 12.1 Å². The van der Waals surface area contributed by atoms with Crippen molar-refractivity contribution in [2.75, 3.05) is 0 Å². The van der Waals surface area contributed by atoms with Crippen molar-refractivity contribution in [3.63, 3.8) is 0 Å². The quantitative estimate of drug-likeness (QED) is 0.635. The minimum absolute atomic E-state index is 0.0555. The molecule has 102 valence electrons. The number of amides is 1. The predicted molar refractivity (Wildman–Crippen MR) is 68.1 cm³/mol. The minimum atomic E-state index is -0.646. The highest BCUT2D eigenvalue weighted by atomic mass is 16.6. The summed E-state index contributed by atoms with van der Waals surface area (Å²) in [6, 6.07) is 1.07. The third-order valence-corrected chi connectivity index (χ3v) is 3.28. The molecule has 7 nitrogen and oxygen atoms in total. The van der Waals surface area contributed by atoms with Crippen LogP contribution in [0.4, 0.5) is 5.69 Å². The highest BCUT2D eigenvalue weighted by Gasteiger charge is 2.20. The van der Waals surface area contributed by atoms with Crippen molar-refractivity contribution in [2.24, 2.45) is 0 Å². The Balaban J connectivity index is 2.15. The van der Waals surface area contributed by atoms with Crippen LogP contribution in [0.5, 0.6) is 0 Å². The van der Waals surface area contributed by atoms with Crippen LogP contribution in [-0.2, 0) is 0 Å². The molecule has 0 bridgehead atoms. The number of aromatic nitrogens is 1. The van der Waals surface area contributed by atoms with E-state index in [9.17, 15) is 19.7 Å². The van der Waals surface area contributed by atoms with E-state index >= 15 is 0 Å². The van der Waals surface area contributed by atoms with Gasteiger partial charge in [-0.15, -0.1) is 0 Å². The summed E-state index contributed by atoms with van der Waals surface area (Å²) in [5, 5.41) is 13.4. The molecule has 1 aromatic heterocycles. The normalized spacial score (nSPS) is 16.0. The van der Waals surface area contributed by atoms with E-state index < -0.39 is 16.4 Å². The zero-order valence-corrected chi connectivity index (χ0v) is 10.3. The molecule has 1 heterocycles. The van der Waals surface area contributed by atoms with E-state index in [0.29, 0.717) is 0 Å². The fourth-order valence-corrected chi connectivity index (χ4v) is 2.26. The maximum absolute atomic E-state index is 12.0. The molecule has 1 amide bonds. The van der Waals surface area contributed by atoms with Gasteiger partial charge >= 0.3 is 0 Å². The number of hydrogen-bond acceptors (Lipinski definition) is 4. The molecule has 1 aromatic rings. The van der Waals surface area contributed by atoms with E-state index in [4.69, 9.17) is 0 Å². The molecule has 1 aliphatic carbocycles. The van der Waals surface area contributed by atoms with E-state index in [2.05, 4.69) is 10.3 Å². The smallest absolute Gasteiger partial charge is 0.286 e. The van der Waals surface area contributed by atoms with E-state index in [1.54, 1.807) is 0 Å². The maximum atomic E-state index is 12.0. The summed E-state index contributed by atoms with van der Waals surface area (Å²) < 4.78 is 0. The molecular formula is C12H15N3O4. The van der Waals surface area contributed by atoms with Crippen LogP contribution >= 0.6 is 0 Å². The lowest BCUT2D eigenvalue weighted by atomic mass is 9.95. The van der Waals surface area contributed by atoms with Crippen LogP contribution in [0, 0.1) is 10.1 Å². The standard InChI is InChI=1S/C12H15N3O4/c16-11-10(6-9(7-13-11)15(18)19)12(17)14-8-4-2-1-3-5-8/h6-8H,1-5H2,(H,13,16)(H,14,17). The fraction of sp³-hybridized carbons (Fsp3) is 0.500. The number of nitrogens with one attached hydrogen (secondary N) is 2. The van der Waals surface area contributed by atoms with Crippen molar-refractivity contribution in [2.45, 2.75) is 38.1 Å². The Morgan fingerprint density at radius 3 is 2.68 bits per heavy atom. The van der Waals surface area contributed by atoms with Gasteiger partial charge in [0.2, 0.25) is 0 Å². The van der Waals surface area contributed by atoms with E-state index in [1.807, 2.05) is 0 Å². The van der Waals surface area contributed by atoms with Crippen molar-refractivity contribution >= 4 is 11.6 Å². The van der Waals surface area contributed by atoms with Gasteiger partial charge in [-0.25, -0.2) is 0 Å². The first-order valence-electron chi connectivity index (χ1n) is 6.26. The summed E-state index contributed by atoms with van der Waals surface area (Å²) in [6.45, 7) is 0. The number of H-pyrrole nitrogens is 1. The molecule has 0 spiro atoms. The summed E-state index contributed by atoms with van der Waals surface area (Å²) in [5.74, 6) is -0.545. The SMILES string of the molecule is O=C(NC1CCCCC1)c1cc([N+](=O)[O-])c[nH]c1=O. The fourth-order valence-electron chi connectivity index (χ4n) is 2.26. The van der Waals surface area contributed by atoms with Crippen LogP contribution in [0.3, 0.4) is 0 Å². The molecule has 1 saturated carbocycles. The number of carbonyl (C=O) groups excluding carboxylic acids is 1. The Kier molecular flexibility index (Phi) is 3.94. The lowest BCUT2D eigenvalue weighted by molar-refractivity contribution is -0.385. The van der Waals surface area contributed by atoms with Gasteiger partial charge in [0.25, 0.3) is 17.2 Å². The summed E-state index contributed by atoms with van der Waals surface area (Å²) >= 11 is 0. The number of aromatic amines is 1. The second kappa shape index (κ2) is 5.64. The van der Waals surface area contributed by atoms with Crippen LogP contribution in [-0.4, -0.2) is 21.9 Å². The Labute approximate surface area is 109 Å². The number of hydrogen-bond donors (Lipinski definition) is 2. The number of rotatable bonds is 3. The maximum Gasteiger partial charge on any atom is 0.286 e. The summed E-state index contributed by atoms with van der Waals surface area (Å²) in [4.78, 5) is 35.7. The highest BCUT2D eigenvalue weighted by Crippen LogP contribution is 2.18. The highest BCUT2D eigenvalue weighted by molar-refractivity contribution is 5.94. The van der Waals surface area contributed by atoms with Gasteiger partial charge in [0.1, 0.15) is 5.56 Å². The van der Waals surface area contributed by atoms with Gasteiger partial charge in [-0.1, -0.05) is 19.3 Å². The second-order valence-electron chi connectivity index (χ2n) is 4.67. The number of carbonyl (C=O) groups is 1. The molecule has 0 aliphatic heterocycles. The van der Waals surface area contributed by atoms with Crippen LogP contribution < -0.4 is 10.9 Å². The van der Waals surface area contributed by atoms with Gasteiger partial charge in [-0.3, -0.25) is 19.7 Å². The van der Waals surface area contributed by atoms with Crippen LogP contribution in [0.2, 0.25) is 0 Å². The van der Waals surface area contributed by atoms with Crippen molar-refractivity contribution in [3.8, 4) is 0 Å². The largest absolute Gasteiger partial charge is 0.349 e. The average Bonchev–Trinajstić information content (AvgIpc) is 2.40. The monoisotopic (exact) mass is 265 g/mol. The van der Waals surface area contributed by atoms with Gasteiger partial charge in [0.15, 0.2) is 0 Å². The lowest BCUT2D eigenvalue weighted by Crippen LogP contribution is -2.38. The van der Waals surface area contributed by atoms with Crippen LogP contribution in [0.15, 0.2) is 17.1 Å². The Hall–Kier alpha value is -2.18. The first-order valence-corrected chi connectivity index (χ1v) is 6.26. The zero-order chi connectivity index (χ0) is 13.8. The molecule has 0 aromatic carbocycles. The number of pyridine rings is 1. The molecule has 0 radical (unpaired) electrons. The third-order valence-electron chi connectivity index (χ3n) is 3.28. The van der Waals surface area contributed by atoms with Crippen molar-refractivity contribution in [1.29, 1.82) is 0 Å². The lowest BCUT2D eigenvalue weighted by Gasteiger charge is -2.22. The van der Waals surface area contributed by atoms with Crippen molar-refractivity contribution < 1.29 is 9.72 Å². The zero-order valence-electron chi connectivity index (χ0n) is 10.3. The Morgan fingerprint density at radius 1 is 1.37 bits per heavy atom. The molecule has 0 saturated heterocycles. The first-order chi connectivity index (χ1) is 9.08. The second-order valence-corrected chi connectivity index (χ2v) is 4.67. The van der Waals surface area contributed by atoms with Crippen LogP contribution in [0.25, 0.3) is 0 Å². The van der Waals surface area contributed by atoms with E-state index in [0.717, 1.165) is 44.4 Å². The summed E-state index contributed by atoms with van der Waals surface area (Å²) in [6.07, 6.45) is 6.02. The minimum Gasteiger partial charge on any atom is -0.349 e. The Morgan fingerprint density at radius 2 is 2.05 bits per heavy atom. The molecular weight excluding hydrogens is 250 g/mol. The molecule has 2 rings (SSSR count). The molecule has 1 fully saturated rings. The van der Waals surface area contributed by atoms with Crippen molar-refractivity contribution in [3.05, 3.63) is 38.3 Å². The number of nitrogens with zero attached hydrogens (tertiary/aromatic N) is 1. The van der Waals surface area contributed by atoms with Crippen molar-refractivity contribution in [1.82, 2.24) is 10.3 Å². The third kappa shape index (κ3) is 3.18. The van der Waals surface area contributed by atoms with Gasteiger partial charge in [-0.2, -0.15) is 0 Å². The van der Waals surface area contributed by atoms with E-state index in [-0.39, 0.29) is 17.3 Å². The molecule has 7 heteroatoms. The average molecular weight is 265 g/mol. The van der Waals surface area contributed by atoms with Gasteiger partial charge < -0.3 is 10.3 Å².